The van der Waals surface area contributed by atoms with E-state index in [-0.39, 0.29) is 18.7 Å². The van der Waals surface area contributed by atoms with Gasteiger partial charge in [-0.2, -0.15) is 24.9 Å². The van der Waals surface area contributed by atoms with Crippen molar-refractivity contribution >= 4 is 40.6 Å². The molecular weight excluding hydrogens is 385 g/mol. The summed E-state index contributed by atoms with van der Waals surface area (Å²) in [6, 6.07) is 5.32. The monoisotopic (exact) mass is 406 g/mol. The molecular formula is C18H22ClF3N2OS. The number of rotatable bonds is 3. The highest BCUT2D eigenvalue weighted by atomic mass is 35.5. The first-order valence-electron chi connectivity index (χ1n) is 8.84. The molecule has 1 aromatic rings. The van der Waals surface area contributed by atoms with E-state index in [2.05, 4.69) is 10.2 Å². The second-order valence-corrected chi connectivity index (χ2v) is 8.49. The van der Waals surface area contributed by atoms with Crippen LogP contribution >= 0.6 is 23.4 Å². The fraction of sp³-hybridized carbons (Fsp3) is 0.611. The van der Waals surface area contributed by atoms with E-state index in [1.165, 1.54) is 0 Å². The summed E-state index contributed by atoms with van der Waals surface area (Å²) in [6.45, 7) is 1.86. The van der Waals surface area contributed by atoms with Crippen molar-refractivity contribution in [2.75, 3.05) is 34.8 Å². The van der Waals surface area contributed by atoms with Crippen molar-refractivity contribution in [3.63, 3.8) is 0 Å². The quantitative estimate of drug-likeness (QED) is 0.748. The summed E-state index contributed by atoms with van der Waals surface area (Å²) >= 11 is 8.27. The number of halogens is 4. The summed E-state index contributed by atoms with van der Waals surface area (Å²) in [4.78, 5) is 14.6. The molecule has 1 heterocycles. The predicted octanol–water partition coefficient (Wildman–Crippen LogP) is 5.20. The summed E-state index contributed by atoms with van der Waals surface area (Å²) in [7, 11) is 0. The van der Waals surface area contributed by atoms with Gasteiger partial charge in [0.1, 0.15) is 0 Å². The summed E-state index contributed by atoms with van der Waals surface area (Å²) in [6.07, 6.45) is -3.32. The Kier molecular flexibility index (Phi) is 6.28. The number of nitrogens with one attached hydrogen (secondary N) is 1. The number of amides is 1. The van der Waals surface area contributed by atoms with Gasteiger partial charge in [0.2, 0.25) is 5.91 Å². The number of nitrogens with zero attached hydrogens (tertiary/aromatic N) is 1. The Bertz CT molecular complexity index is 650. The van der Waals surface area contributed by atoms with Crippen LogP contribution in [-0.2, 0) is 4.79 Å². The molecule has 0 bridgehead atoms. The normalized spacial score (nSPS) is 24.4. The molecule has 1 aromatic carbocycles. The SMILES string of the molecule is O=C(Nc1ccc(N2CCSCC2)c(Cl)c1)C1CCCC(C(F)(F)F)C1. The number of carbonyl (C=O) groups excluding carboxylic acids is 1. The van der Waals surface area contributed by atoms with Gasteiger partial charge in [-0.3, -0.25) is 4.79 Å². The van der Waals surface area contributed by atoms with Crippen LogP contribution in [0.1, 0.15) is 25.7 Å². The molecule has 1 saturated carbocycles. The molecule has 0 radical (unpaired) electrons. The standard InChI is InChI=1S/C18H22ClF3N2OS/c19-15-11-14(4-5-16(15)24-6-8-26-9-7-24)23-17(25)12-2-1-3-13(10-12)18(20,21)22/h4-5,11-13H,1-3,6-10H2,(H,23,25). The maximum atomic E-state index is 12.9. The van der Waals surface area contributed by atoms with E-state index in [1.54, 1.807) is 12.1 Å². The lowest BCUT2D eigenvalue weighted by molar-refractivity contribution is -0.185. The minimum Gasteiger partial charge on any atom is -0.369 e. The molecule has 1 amide bonds. The first-order valence-corrected chi connectivity index (χ1v) is 10.4. The van der Waals surface area contributed by atoms with E-state index in [1.807, 2.05) is 17.8 Å². The van der Waals surface area contributed by atoms with Crippen molar-refractivity contribution in [2.24, 2.45) is 11.8 Å². The van der Waals surface area contributed by atoms with Gasteiger partial charge in [0, 0.05) is 36.2 Å². The first-order chi connectivity index (χ1) is 12.3. The van der Waals surface area contributed by atoms with Crippen molar-refractivity contribution in [3.8, 4) is 0 Å². The van der Waals surface area contributed by atoms with Gasteiger partial charge in [-0.1, -0.05) is 18.0 Å². The molecule has 2 fully saturated rings. The summed E-state index contributed by atoms with van der Waals surface area (Å²) < 4.78 is 38.8. The summed E-state index contributed by atoms with van der Waals surface area (Å²) in [5, 5.41) is 3.29. The molecule has 2 atom stereocenters. The second-order valence-electron chi connectivity index (χ2n) is 6.86. The highest BCUT2D eigenvalue weighted by Gasteiger charge is 2.43. The van der Waals surface area contributed by atoms with Gasteiger partial charge in [0.15, 0.2) is 0 Å². The maximum absolute atomic E-state index is 12.9. The fourth-order valence-electron chi connectivity index (χ4n) is 3.61. The Hall–Kier alpha value is -1.08. The summed E-state index contributed by atoms with van der Waals surface area (Å²) in [5.74, 6) is -0.228. The molecule has 0 aromatic heterocycles. The fourth-order valence-corrected chi connectivity index (χ4v) is 4.82. The van der Waals surface area contributed by atoms with Crippen molar-refractivity contribution in [2.45, 2.75) is 31.9 Å². The zero-order valence-electron chi connectivity index (χ0n) is 14.3. The number of hydrogen-bond donors (Lipinski definition) is 1. The second kappa shape index (κ2) is 8.30. The van der Waals surface area contributed by atoms with E-state index in [9.17, 15) is 18.0 Å². The number of hydrogen-bond acceptors (Lipinski definition) is 3. The van der Waals surface area contributed by atoms with Gasteiger partial charge in [-0.15, -0.1) is 0 Å². The van der Waals surface area contributed by atoms with Crippen LogP contribution in [0, 0.1) is 11.8 Å². The van der Waals surface area contributed by atoms with Crippen LogP contribution in [0.3, 0.4) is 0 Å². The van der Waals surface area contributed by atoms with Gasteiger partial charge in [0.05, 0.1) is 16.6 Å². The largest absolute Gasteiger partial charge is 0.391 e. The Balaban J connectivity index is 1.63. The molecule has 26 heavy (non-hydrogen) atoms. The van der Waals surface area contributed by atoms with Gasteiger partial charge in [-0.25, -0.2) is 0 Å². The number of thioether (sulfide) groups is 1. The van der Waals surface area contributed by atoms with Crippen LogP contribution in [0.2, 0.25) is 5.02 Å². The molecule has 2 aliphatic rings. The van der Waals surface area contributed by atoms with E-state index < -0.39 is 18.0 Å². The molecule has 1 N–H and O–H groups in total. The van der Waals surface area contributed by atoms with Crippen LogP contribution in [-0.4, -0.2) is 36.7 Å². The molecule has 3 rings (SSSR count). The molecule has 1 aliphatic carbocycles. The molecule has 3 nitrogen and oxygen atoms in total. The minimum absolute atomic E-state index is 0.113. The lowest BCUT2D eigenvalue weighted by atomic mass is 9.80. The van der Waals surface area contributed by atoms with Crippen LogP contribution in [0.4, 0.5) is 24.5 Å². The minimum atomic E-state index is -4.23. The van der Waals surface area contributed by atoms with Gasteiger partial charge >= 0.3 is 6.18 Å². The summed E-state index contributed by atoms with van der Waals surface area (Å²) in [5.41, 5.74) is 1.46. The molecule has 1 saturated heterocycles. The number of benzene rings is 1. The van der Waals surface area contributed by atoms with Crippen LogP contribution < -0.4 is 10.2 Å². The third kappa shape index (κ3) is 4.80. The van der Waals surface area contributed by atoms with Crippen molar-refractivity contribution in [1.82, 2.24) is 0 Å². The average molecular weight is 407 g/mol. The predicted molar refractivity (Wildman–Crippen MR) is 101 cm³/mol. The number of carbonyl (C=O) groups is 1. The molecule has 2 unspecified atom stereocenters. The van der Waals surface area contributed by atoms with Gasteiger partial charge in [0.25, 0.3) is 0 Å². The van der Waals surface area contributed by atoms with Crippen molar-refractivity contribution in [1.29, 1.82) is 0 Å². The van der Waals surface area contributed by atoms with E-state index >= 15 is 0 Å². The Morgan fingerprint density at radius 3 is 2.62 bits per heavy atom. The van der Waals surface area contributed by atoms with Gasteiger partial charge in [-0.05, 0) is 37.5 Å². The van der Waals surface area contributed by atoms with Crippen LogP contribution in [0.15, 0.2) is 18.2 Å². The number of alkyl halides is 3. The lowest BCUT2D eigenvalue weighted by Gasteiger charge is -2.30. The smallest absolute Gasteiger partial charge is 0.369 e. The highest BCUT2D eigenvalue weighted by molar-refractivity contribution is 7.99. The van der Waals surface area contributed by atoms with E-state index in [0.29, 0.717) is 23.6 Å². The van der Waals surface area contributed by atoms with Crippen molar-refractivity contribution < 1.29 is 18.0 Å². The Labute approximate surface area is 160 Å². The Morgan fingerprint density at radius 1 is 1.23 bits per heavy atom. The zero-order valence-corrected chi connectivity index (χ0v) is 15.9. The number of anilines is 2. The molecule has 1 aliphatic heterocycles. The average Bonchev–Trinajstić information content (AvgIpc) is 2.62. The first kappa shape index (κ1) is 19.7. The van der Waals surface area contributed by atoms with Gasteiger partial charge < -0.3 is 10.2 Å². The third-order valence-corrected chi connectivity index (χ3v) is 6.32. The van der Waals surface area contributed by atoms with E-state index in [4.69, 9.17) is 11.6 Å². The molecule has 144 valence electrons. The lowest BCUT2D eigenvalue weighted by Crippen LogP contribution is -2.34. The van der Waals surface area contributed by atoms with Crippen LogP contribution in [0.25, 0.3) is 0 Å². The Morgan fingerprint density at radius 2 is 1.96 bits per heavy atom. The van der Waals surface area contributed by atoms with E-state index in [0.717, 1.165) is 30.3 Å². The molecule has 0 spiro atoms. The molecule has 8 heteroatoms. The highest BCUT2D eigenvalue weighted by Crippen LogP contribution is 2.40. The van der Waals surface area contributed by atoms with Crippen LogP contribution in [0.5, 0.6) is 0 Å². The van der Waals surface area contributed by atoms with Crippen molar-refractivity contribution in [3.05, 3.63) is 23.2 Å². The third-order valence-electron chi connectivity index (χ3n) is 5.07. The zero-order chi connectivity index (χ0) is 18.7. The topological polar surface area (TPSA) is 32.3 Å². The maximum Gasteiger partial charge on any atom is 0.391 e.